The summed E-state index contributed by atoms with van der Waals surface area (Å²) in [6, 6.07) is 0. The number of hydrogen-bond acceptors (Lipinski definition) is 2. The second kappa shape index (κ2) is 4.19. The Balaban J connectivity index is 1.86. The average molecular weight is 295 g/mol. The second-order valence-electron chi connectivity index (χ2n) is 9.18. The van der Waals surface area contributed by atoms with Crippen molar-refractivity contribution in [1.82, 2.24) is 0 Å². The number of ketones is 1. The Morgan fingerprint density at radius 3 is 2.50 bits per heavy atom. The molecule has 0 aliphatic heterocycles. The van der Waals surface area contributed by atoms with Crippen LogP contribution < -0.4 is 0 Å². The molecule has 114 valence electrons. The Morgan fingerprint density at radius 1 is 1.25 bits per heavy atom. The van der Waals surface area contributed by atoms with Gasteiger partial charge < -0.3 is 4.43 Å². The first-order valence-corrected chi connectivity index (χ1v) is 11.2. The third-order valence-electron chi connectivity index (χ3n) is 6.90. The van der Waals surface area contributed by atoms with E-state index in [2.05, 4.69) is 40.8 Å². The van der Waals surface area contributed by atoms with Crippen LogP contribution in [0, 0.1) is 23.7 Å². The van der Waals surface area contributed by atoms with E-state index in [0.29, 0.717) is 29.5 Å². The van der Waals surface area contributed by atoms with Crippen molar-refractivity contribution in [2.75, 3.05) is 0 Å². The van der Waals surface area contributed by atoms with Crippen LogP contribution in [0.5, 0.6) is 0 Å². The lowest BCUT2D eigenvalue weighted by atomic mass is 9.88. The van der Waals surface area contributed by atoms with Gasteiger partial charge in [-0.05, 0) is 62.1 Å². The summed E-state index contributed by atoms with van der Waals surface area (Å²) in [6.07, 6.45) is 4.39. The highest BCUT2D eigenvalue weighted by molar-refractivity contribution is 6.74. The van der Waals surface area contributed by atoms with Gasteiger partial charge in [-0.25, -0.2) is 0 Å². The van der Waals surface area contributed by atoms with Gasteiger partial charge in [0.25, 0.3) is 0 Å². The highest BCUT2D eigenvalue weighted by Crippen LogP contribution is 2.62. The van der Waals surface area contributed by atoms with Gasteiger partial charge in [-0.1, -0.05) is 20.8 Å². The number of hydrogen-bond donors (Lipinski definition) is 0. The third kappa shape index (κ3) is 1.96. The monoisotopic (exact) mass is 294 g/mol. The molecule has 3 rings (SSSR count). The smallest absolute Gasteiger partial charge is 0.192 e. The van der Waals surface area contributed by atoms with Crippen molar-refractivity contribution in [2.24, 2.45) is 23.7 Å². The molecule has 0 aromatic carbocycles. The molecule has 2 nitrogen and oxygen atoms in total. The third-order valence-corrected chi connectivity index (χ3v) is 11.5. The molecule has 0 N–H and O–H groups in total. The zero-order chi connectivity index (χ0) is 14.9. The molecule has 0 spiro atoms. The van der Waals surface area contributed by atoms with Gasteiger partial charge in [0, 0.05) is 12.3 Å². The molecule has 0 amide bonds. The van der Waals surface area contributed by atoms with Crippen LogP contribution in [0.4, 0.5) is 0 Å². The first-order valence-electron chi connectivity index (χ1n) is 8.28. The Kier molecular flexibility index (Phi) is 3.10. The molecule has 3 aliphatic carbocycles. The van der Waals surface area contributed by atoms with E-state index in [1.165, 1.54) is 12.8 Å². The summed E-state index contributed by atoms with van der Waals surface area (Å²) in [5, 5.41) is 0.246. The van der Waals surface area contributed by atoms with Gasteiger partial charge in [-0.15, -0.1) is 0 Å². The molecule has 0 radical (unpaired) electrons. The average Bonchev–Trinajstić information content (AvgIpc) is 2.85. The van der Waals surface area contributed by atoms with E-state index in [-0.39, 0.29) is 10.6 Å². The van der Waals surface area contributed by atoms with Gasteiger partial charge in [0.05, 0.1) is 5.60 Å². The zero-order valence-electron chi connectivity index (χ0n) is 14.0. The first kappa shape index (κ1) is 14.8. The summed E-state index contributed by atoms with van der Waals surface area (Å²) in [5.74, 6) is 2.83. The molecule has 3 heteroatoms. The van der Waals surface area contributed by atoms with Gasteiger partial charge in [0.2, 0.25) is 0 Å². The van der Waals surface area contributed by atoms with Gasteiger partial charge in [-0.3, -0.25) is 4.79 Å². The lowest BCUT2D eigenvalue weighted by Crippen LogP contribution is -2.50. The highest BCUT2D eigenvalue weighted by Gasteiger charge is 2.63. The molecule has 0 aromatic heterocycles. The lowest BCUT2D eigenvalue weighted by molar-refractivity contribution is -0.121. The molecule has 0 saturated heterocycles. The van der Waals surface area contributed by atoms with Crippen LogP contribution in [0.3, 0.4) is 0 Å². The molecule has 0 unspecified atom stereocenters. The van der Waals surface area contributed by atoms with Crippen LogP contribution in [0.2, 0.25) is 18.1 Å². The maximum absolute atomic E-state index is 12.3. The number of Topliss-reactive ketones (excluding diaryl/α,β-unsaturated/α-hetero) is 1. The van der Waals surface area contributed by atoms with Crippen LogP contribution in [0.25, 0.3) is 0 Å². The van der Waals surface area contributed by atoms with Crippen LogP contribution in [0.1, 0.15) is 53.4 Å². The van der Waals surface area contributed by atoms with Gasteiger partial charge >= 0.3 is 0 Å². The summed E-state index contributed by atoms with van der Waals surface area (Å²) in [7, 11) is -1.76. The van der Waals surface area contributed by atoms with Crippen molar-refractivity contribution in [3.8, 4) is 0 Å². The van der Waals surface area contributed by atoms with E-state index in [0.717, 1.165) is 12.8 Å². The van der Waals surface area contributed by atoms with E-state index in [4.69, 9.17) is 4.43 Å². The van der Waals surface area contributed by atoms with Crippen molar-refractivity contribution in [1.29, 1.82) is 0 Å². The van der Waals surface area contributed by atoms with E-state index in [9.17, 15) is 4.79 Å². The number of carbonyl (C=O) groups excluding carboxylic acids is 1. The largest absolute Gasteiger partial charge is 0.411 e. The molecule has 3 fully saturated rings. The maximum atomic E-state index is 12.3. The minimum atomic E-state index is -1.76. The predicted molar refractivity (Wildman–Crippen MR) is 84.1 cm³/mol. The molecule has 20 heavy (non-hydrogen) atoms. The Bertz CT molecular complexity index is 437. The van der Waals surface area contributed by atoms with Crippen LogP contribution in [-0.2, 0) is 9.22 Å². The normalized spacial score (nSPS) is 44.2. The number of rotatable bonds is 2. The fourth-order valence-electron chi connectivity index (χ4n) is 4.98. The van der Waals surface area contributed by atoms with Crippen molar-refractivity contribution >= 4 is 14.1 Å². The van der Waals surface area contributed by atoms with Gasteiger partial charge in [0.1, 0.15) is 5.78 Å². The minimum Gasteiger partial charge on any atom is -0.411 e. The van der Waals surface area contributed by atoms with Crippen molar-refractivity contribution in [3.05, 3.63) is 0 Å². The molecule has 0 aromatic rings. The Hall–Kier alpha value is -0.153. The first-order chi connectivity index (χ1) is 9.05. The van der Waals surface area contributed by atoms with Gasteiger partial charge in [-0.2, -0.15) is 0 Å². The second-order valence-corrected chi connectivity index (χ2v) is 13.9. The van der Waals surface area contributed by atoms with Crippen LogP contribution in [0.15, 0.2) is 0 Å². The summed E-state index contributed by atoms with van der Waals surface area (Å²) < 4.78 is 6.85. The highest BCUT2D eigenvalue weighted by atomic mass is 28.4. The fraction of sp³-hybridized carbons (Fsp3) is 0.941. The SMILES string of the molecule is CC(C)(C)[Si](C)(C)O[C@]1(C)C[C@H]2C(=O)C[C@H]3CC[C@@H]1[C@H]32. The lowest BCUT2D eigenvalue weighted by Gasteiger charge is -2.45. The van der Waals surface area contributed by atoms with Crippen LogP contribution in [-0.4, -0.2) is 19.7 Å². The van der Waals surface area contributed by atoms with Crippen LogP contribution >= 0.6 is 0 Å². The standard InChI is InChI=1S/C17H30O2Si/c1-16(2,3)20(5,6)19-17(4)10-12-14(18)9-11-7-8-13(17)15(11)12/h11-13,15H,7-10H2,1-6H3/t11-,12+,13-,15-,17-/m1/s1. The van der Waals surface area contributed by atoms with E-state index in [1.807, 2.05) is 0 Å². The summed E-state index contributed by atoms with van der Waals surface area (Å²) in [6.45, 7) is 13.9. The summed E-state index contributed by atoms with van der Waals surface area (Å²) in [5.41, 5.74) is -0.0385. The van der Waals surface area contributed by atoms with E-state index < -0.39 is 8.32 Å². The number of carbonyl (C=O) groups is 1. The molecule has 3 saturated carbocycles. The molecular weight excluding hydrogens is 264 g/mol. The van der Waals surface area contributed by atoms with Crippen molar-refractivity contribution in [2.45, 2.75) is 77.1 Å². The van der Waals surface area contributed by atoms with E-state index >= 15 is 0 Å². The fourth-order valence-corrected chi connectivity index (χ4v) is 6.69. The molecular formula is C17H30O2Si. The predicted octanol–water partition coefficient (Wildman–Crippen LogP) is 4.40. The van der Waals surface area contributed by atoms with Crippen molar-refractivity contribution < 1.29 is 9.22 Å². The quantitative estimate of drug-likeness (QED) is 0.706. The molecule has 0 heterocycles. The van der Waals surface area contributed by atoms with E-state index in [1.54, 1.807) is 0 Å². The Labute approximate surface area is 124 Å². The van der Waals surface area contributed by atoms with Gasteiger partial charge in [0.15, 0.2) is 8.32 Å². The minimum absolute atomic E-state index is 0.0385. The summed E-state index contributed by atoms with van der Waals surface area (Å²) in [4.78, 5) is 12.3. The summed E-state index contributed by atoms with van der Waals surface area (Å²) >= 11 is 0. The van der Waals surface area contributed by atoms with Crippen molar-refractivity contribution in [3.63, 3.8) is 0 Å². The molecule has 3 aliphatic rings. The molecule has 5 atom stereocenters. The topological polar surface area (TPSA) is 26.3 Å². The zero-order valence-corrected chi connectivity index (χ0v) is 15.0. The Morgan fingerprint density at radius 2 is 1.90 bits per heavy atom. The maximum Gasteiger partial charge on any atom is 0.192 e. The molecule has 0 bridgehead atoms.